The van der Waals surface area contributed by atoms with E-state index in [4.69, 9.17) is 0 Å². The van der Waals surface area contributed by atoms with Crippen LogP contribution in [0.15, 0.2) is 24.3 Å². The Labute approximate surface area is 133 Å². The number of urea groups is 1. The van der Waals surface area contributed by atoms with Crippen molar-refractivity contribution in [3.63, 3.8) is 0 Å². The van der Waals surface area contributed by atoms with Gasteiger partial charge >= 0.3 is 12.2 Å². The second-order valence-electron chi connectivity index (χ2n) is 6.29. The summed E-state index contributed by atoms with van der Waals surface area (Å²) in [6, 6.07) is 3.79. The van der Waals surface area contributed by atoms with E-state index in [0.717, 1.165) is 25.0 Å². The minimum atomic E-state index is -4.38. The second kappa shape index (κ2) is 6.39. The topological polar surface area (TPSA) is 61.4 Å². The van der Waals surface area contributed by atoms with Gasteiger partial charge in [-0.2, -0.15) is 13.2 Å². The van der Waals surface area contributed by atoms with Gasteiger partial charge < -0.3 is 15.7 Å². The van der Waals surface area contributed by atoms with Gasteiger partial charge in [0, 0.05) is 0 Å². The lowest BCUT2D eigenvalue weighted by Crippen LogP contribution is -2.54. The number of carbonyl (C=O) groups is 1. The zero-order valence-corrected chi connectivity index (χ0v) is 13.1. The molecule has 0 saturated heterocycles. The first-order valence-electron chi connectivity index (χ1n) is 7.52. The number of carbonyl (C=O) groups excluding carboxylic acids is 1. The summed E-state index contributed by atoms with van der Waals surface area (Å²) < 4.78 is 37.6. The molecule has 4 nitrogen and oxygen atoms in total. The zero-order chi connectivity index (χ0) is 17.3. The molecule has 7 heteroatoms. The summed E-state index contributed by atoms with van der Waals surface area (Å²) in [4.78, 5) is 12.0. The van der Waals surface area contributed by atoms with Crippen LogP contribution in [0, 0.1) is 5.92 Å². The lowest BCUT2D eigenvalue weighted by Gasteiger charge is -2.29. The summed E-state index contributed by atoms with van der Waals surface area (Å²) in [6.45, 7) is 3.32. The average molecular weight is 330 g/mol. The fraction of sp³-hybridized carbons (Fsp3) is 0.562. The fourth-order valence-electron chi connectivity index (χ4n) is 2.53. The summed E-state index contributed by atoms with van der Waals surface area (Å²) in [5.74, 6) is 0.264. The standard InChI is InChI=1S/C16H21F3N2O2/c1-10(11-3-5-13(6-4-11)16(17,18)19)20-14(23)21-15(2,9-22)12-7-8-12/h3-6,10,12,22H,7-9H2,1-2H3,(H2,20,21,23). The summed E-state index contributed by atoms with van der Waals surface area (Å²) in [7, 11) is 0. The van der Waals surface area contributed by atoms with E-state index in [1.807, 2.05) is 0 Å². The molecule has 0 spiro atoms. The van der Waals surface area contributed by atoms with Gasteiger partial charge in [-0.05, 0) is 50.3 Å². The van der Waals surface area contributed by atoms with E-state index in [9.17, 15) is 23.1 Å². The molecular formula is C16H21F3N2O2. The number of aliphatic hydroxyl groups excluding tert-OH is 1. The largest absolute Gasteiger partial charge is 0.416 e. The van der Waals surface area contributed by atoms with Crippen molar-refractivity contribution in [2.75, 3.05) is 6.61 Å². The Morgan fingerprint density at radius 2 is 1.87 bits per heavy atom. The number of nitrogens with one attached hydrogen (secondary N) is 2. The predicted molar refractivity (Wildman–Crippen MR) is 79.7 cm³/mol. The number of halogens is 3. The van der Waals surface area contributed by atoms with Crippen molar-refractivity contribution in [3.05, 3.63) is 35.4 Å². The van der Waals surface area contributed by atoms with Gasteiger partial charge in [0.25, 0.3) is 0 Å². The maximum Gasteiger partial charge on any atom is 0.416 e. The molecule has 0 bridgehead atoms. The molecule has 2 atom stereocenters. The predicted octanol–water partition coefficient (Wildman–Crippen LogP) is 3.23. The van der Waals surface area contributed by atoms with Gasteiger partial charge in [-0.3, -0.25) is 0 Å². The lowest BCUT2D eigenvalue weighted by molar-refractivity contribution is -0.137. The van der Waals surface area contributed by atoms with E-state index >= 15 is 0 Å². The van der Waals surface area contributed by atoms with Crippen LogP contribution >= 0.6 is 0 Å². The first-order chi connectivity index (χ1) is 10.7. The Morgan fingerprint density at radius 1 is 1.30 bits per heavy atom. The minimum Gasteiger partial charge on any atom is -0.394 e. The molecule has 128 valence electrons. The second-order valence-corrected chi connectivity index (χ2v) is 6.29. The zero-order valence-electron chi connectivity index (χ0n) is 13.1. The molecule has 0 heterocycles. The van der Waals surface area contributed by atoms with Crippen LogP contribution in [-0.2, 0) is 6.18 Å². The van der Waals surface area contributed by atoms with Crippen LogP contribution in [0.4, 0.5) is 18.0 Å². The molecule has 23 heavy (non-hydrogen) atoms. The molecule has 0 aromatic heterocycles. The Balaban J connectivity index is 1.95. The average Bonchev–Trinajstić information content (AvgIpc) is 3.31. The number of amides is 2. The molecule has 1 aromatic rings. The van der Waals surface area contributed by atoms with E-state index in [0.29, 0.717) is 5.56 Å². The number of hydrogen-bond acceptors (Lipinski definition) is 2. The van der Waals surface area contributed by atoms with Crippen molar-refractivity contribution < 1.29 is 23.1 Å². The summed E-state index contributed by atoms with van der Waals surface area (Å²) in [5.41, 5.74) is -0.811. The van der Waals surface area contributed by atoms with Gasteiger partial charge in [0.05, 0.1) is 23.8 Å². The summed E-state index contributed by atoms with van der Waals surface area (Å²) >= 11 is 0. The molecule has 1 aromatic carbocycles. The molecule has 1 saturated carbocycles. The van der Waals surface area contributed by atoms with Crippen LogP contribution in [0.25, 0.3) is 0 Å². The number of aliphatic hydroxyl groups is 1. The van der Waals surface area contributed by atoms with Crippen molar-refractivity contribution in [3.8, 4) is 0 Å². The van der Waals surface area contributed by atoms with Gasteiger partial charge in [-0.1, -0.05) is 12.1 Å². The molecule has 0 aliphatic heterocycles. The summed E-state index contributed by atoms with van der Waals surface area (Å²) in [6.07, 6.45) is -2.45. The van der Waals surface area contributed by atoms with E-state index in [1.165, 1.54) is 12.1 Å². The van der Waals surface area contributed by atoms with Gasteiger partial charge in [0.1, 0.15) is 0 Å². The smallest absolute Gasteiger partial charge is 0.394 e. The van der Waals surface area contributed by atoms with Crippen molar-refractivity contribution >= 4 is 6.03 Å². The van der Waals surface area contributed by atoms with Gasteiger partial charge in [-0.15, -0.1) is 0 Å². The van der Waals surface area contributed by atoms with Gasteiger partial charge in [0.15, 0.2) is 0 Å². The van der Waals surface area contributed by atoms with E-state index in [2.05, 4.69) is 10.6 Å². The highest BCUT2D eigenvalue weighted by Crippen LogP contribution is 2.39. The molecular weight excluding hydrogens is 309 g/mol. The summed E-state index contributed by atoms with van der Waals surface area (Å²) in [5, 5.41) is 14.9. The molecule has 2 amide bonds. The first-order valence-corrected chi connectivity index (χ1v) is 7.52. The van der Waals surface area contributed by atoms with Gasteiger partial charge in [0.2, 0.25) is 0 Å². The number of rotatable bonds is 5. The van der Waals surface area contributed by atoms with Gasteiger partial charge in [-0.25, -0.2) is 4.79 Å². The highest BCUT2D eigenvalue weighted by molar-refractivity contribution is 5.75. The van der Waals surface area contributed by atoms with Crippen molar-refractivity contribution in [1.29, 1.82) is 0 Å². The molecule has 0 radical (unpaired) electrons. The quantitative estimate of drug-likeness (QED) is 0.776. The monoisotopic (exact) mass is 330 g/mol. The SMILES string of the molecule is CC(NC(=O)NC(C)(CO)C1CC1)c1ccc(C(F)(F)F)cc1. The van der Waals surface area contributed by atoms with Crippen LogP contribution in [0.1, 0.15) is 43.9 Å². The maximum absolute atomic E-state index is 12.5. The van der Waals surface area contributed by atoms with Crippen LogP contribution in [0.5, 0.6) is 0 Å². The normalized spacial score (nSPS) is 18.9. The van der Waals surface area contributed by atoms with E-state index in [1.54, 1.807) is 13.8 Å². The van der Waals surface area contributed by atoms with Crippen LogP contribution in [-0.4, -0.2) is 23.3 Å². The number of benzene rings is 1. The van der Waals surface area contributed by atoms with E-state index < -0.39 is 29.4 Å². The highest BCUT2D eigenvalue weighted by atomic mass is 19.4. The van der Waals surface area contributed by atoms with Crippen molar-refractivity contribution in [1.82, 2.24) is 10.6 Å². The highest BCUT2D eigenvalue weighted by Gasteiger charge is 2.42. The third-order valence-corrected chi connectivity index (χ3v) is 4.29. The lowest BCUT2D eigenvalue weighted by atomic mass is 9.97. The third-order valence-electron chi connectivity index (χ3n) is 4.29. The van der Waals surface area contributed by atoms with Crippen molar-refractivity contribution in [2.24, 2.45) is 5.92 Å². The van der Waals surface area contributed by atoms with Crippen LogP contribution in [0.3, 0.4) is 0 Å². The maximum atomic E-state index is 12.5. The fourth-order valence-corrected chi connectivity index (χ4v) is 2.53. The Hall–Kier alpha value is -1.76. The van der Waals surface area contributed by atoms with Crippen molar-refractivity contribution in [2.45, 2.75) is 44.4 Å². The Kier molecular flexibility index (Phi) is 4.89. The van der Waals surface area contributed by atoms with E-state index in [-0.39, 0.29) is 12.5 Å². The minimum absolute atomic E-state index is 0.153. The molecule has 1 aliphatic carbocycles. The Morgan fingerprint density at radius 3 is 2.30 bits per heavy atom. The van der Waals surface area contributed by atoms with Crippen LogP contribution < -0.4 is 10.6 Å². The number of alkyl halides is 3. The first kappa shape index (κ1) is 17.6. The molecule has 2 unspecified atom stereocenters. The van der Waals surface area contributed by atoms with Crippen LogP contribution in [0.2, 0.25) is 0 Å². The molecule has 3 N–H and O–H groups in total. The molecule has 2 rings (SSSR count). The number of hydrogen-bond donors (Lipinski definition) is 3. The molecule has 1 fully saturated rings. The third kappa shape index (κ3) is 4.37. The Bertz CT molecular complexity index is 555. The molecule has 1 aliphatic rings.